The summed E-state index contributed by atoms with van der Waals surface area (Å²) >= 11 is 6.79. The van der Waals surface area contributed by atoms with E-state index in [1.54, 1.807) is 12.4 Å². The normalized spacial score (nSPS) is 15.9. The molecule has 3 nitrogen and oxygen atoms in total. The molecule has 18 heavy (non-hydrogen) atoms. The maximum absolute atomic E-state index is 12.5. The largest absolute Gasteiger partial charge is 0.335 e. The molecule has 98 valence electrons. The number of amides is 1. The summed E-state index contributed by atoms with van der Waals surface area (Å²) in [5.41, 5.74) is 0.664. The topological polar surface area (TPSA) is 33.2 Å². The van der Waals surface area contributed by atoms with Gasteiger partial charge < -0.3 is 4.90 Å². The number of halogens is 2. The summed E-state index contributed by atoms with van der Waals surface area (Å²) in [6, 6.07) is 2.24. The van der Waals surface area contributed by atoms with Crippen LogP contribution in [0.2, 0.25) is 0 Å². The summed E-state index contributed by atoms with van der Waals surface area (Å²) in [4.78, 5) is 18.6. The van der Waals surface area contributed by atoms with Crippen molar-refractivity contribution in [1.82, 2.24) is 9.88 Å². The summed E-state index contributed by atoms with van der Waals surface area (Å²) in [5.74, 6) is 0.0927. The van der Waals surface area contributed by atoms with E-state index in [0.29, 0.717) is 11.6 Å². The van der Waals surface area contributed by atoms with Gasteiger partial charge in [0.05, 0.1) is 5.56 Å². The highest BCUT2D eigenvalue weighted by Crippen LogP contribution is 2.25. The molecular formula is C13H16Br2N2O. The Bertz CT molecular complexity index is 419. The maximum atomic E-state index is 12.5. The third kappa shape index (κ3) is 3.32. The molecule has 1 aromatic rings. The summed E-state index contributed by atoms with van der Waals surface area (Å²) in [7, 11) is 0. The number of nitrogens with zero attached hydrogens (tertiary/aromatic N) is 2. The van der Waals surface area contributed by atoms with E-state index in [9.17, 15) is 4.79 Å². The first-order valence-corrected chi connectivity index (χ1v) is 8.11. The van der Waals surface area contributed by atoms with Crippen LogP contribution in [0.3, 0.4) is 0 Å². The van der Waals surface area contributed by atoms with Crippen LogP contribution in [0.25, 0.3) is 0 Å². The molecule has 5 heteroatoms. The molecule has 0 spiro atoms. The lowest BCUT2D eigenvalue weighted by Crippen LogP contribution is -2.40. The first-order valence-electron chi connectivity index (χ1n) is 6.20. The Morgan fingerprint density at radius 1 is 1.39 bits per heavy atom. The van der Waals surface area contributed by atoms with Crippen molar-refractivity contribution in [3.05, 3.63) is 28.5 Å². The minimum atomic E-state index is 0.0927. The van der Waals surface area contributed by atoms with Crippen molar-refractivity contribution in [3.63, 3.8) is 0 Å². The van der Waals surface area contributed by atoms with Crippen molar-refractivity contribution >= 4 is 37.8 Å². The average molecular weight is 376 g/mol. The van der Waals surface area contributed by atoms with Gasteiger partial charge in [0, 0.05) is 34.8 Å². The van der Waals surface area contributed by atoms with Crippen molar-refractivity contribution < 1.29 is 4.79 Å². The van der Waals surface area contributed by atoms with Crippen LogP contribution >= 0.6 is 31.9 Å². The van der Waals surface area contributed by atoms with Crippen LogP contribution in [0.4, 0.5) is 0 Å². The Morgan fingerprint density at radius 2 is 2.11 bits per heavy atom. The molecule has 1 aliphatic carbocycles. The Labute approximate surface area is 124 Å². The quantitative estimate of drug-likeness (QED) is 0.753. The van der Waals surface area contributed by atoms with Crippen LogP contribution in [0, 0.1) is 0 Å². The summed E-state index contributed by atoms with van der Waals surface area (Å²) in [6.45, 7) is 0.760. The molecule has 1 fully saturated rings. The fourth-order valence-corrected chi connectivity index (χ4v) is 3.20. The van der Waals surface area contributed by atoms with Crippen molar-refractivity contribution in [3.8, 4) is 0 Å². The zero-order valence-electron chi connectivity index (χ0n) is 10.1. The zero-order valence-corrected chi connectivity index (χ0v) is 13.3. The van der Waals surface area contributed by atoms with Gasteiger partial charge in [-0.05, 0) is 34.8 Å². The Kier molecular flexibility index (Phi) is 5.18. The molecule has 1 amide bonds. The number of hydrogen-bond donors (Lipinski definition) is 0. The van der Waals surface area contributed by atoms with Crippen LogP contribution in [0.1, 0.15) is 36.0 Å². The average Bonchev–Trinajstić information content (AvgIpc) is 2.89. The number of carbonyl (C=O) groups is 1. The van der Waals surface area contributed by atoms with Crippen LogP contribution in [-0.4, -0.2) is 33.7 Å². The number of carbonyl (C=O) groups excluding carboxylic acids is 1. The highest BCUT2D eigenvalue weighted by molar-refractivity contribution is 9.10. The van der Waals surface area contributed by atoms with E-state index in [4.69, 9.17) is 0 Å². The molecule has 0 N–H and O–H groups in total. The lowest BCUT2D eigenvalue weighted by atomic mass is 10.1. The first-order chi connectivity index (χ1) is 8.72. The number of rotatable bonds is 4. The number of alkyl halides is 1. The Hall–Kier alpha value is -0.420. The fraction of sp³-hybridized carbons (Fsp3) is 0.538. The van der Waals surface area contributed by atoms with Crippen LogP contribution in [0.15, 0.2) is 22.9 Å². The van der Waals surface area contributed by atoms with Gasteiger partial charge in [0.2, 0.25) is 0 Å². The highest BCUT2D eigenvalue weighted by Gasteiger charge is 2.27. The lowest BCUT2D eigenvalue weighted by molar-refractivity contribution is 0.0696. The van der Waals surface area contributed by atoms with Gasteiger partial charge in [-0.25, -0.2) is 0 Å². The van der Waals surface area contributed by atoms with E-state index in [2.05, 4.69) is 36.8 Å². The summed E-state index contributed by atoms with van der Waals surface area (Å²) in [6.07, 6.45) is 8.05. The second-order valence-corrected chi connectivity index (χ2v) is 6.23. The van der Waals surface area contributed by atoms with E-state index in [1.807, 2.05) is 11.0 Å². The van der Waals surface area contributed by atoms with E-state index < -0.39 is 0 Å². The number of aromatic nitrogens is 1. The van der Waals surface area contributed by atoms with E-state index in [1.165, 1.54) is 12.8 Å². The fourth-order valence-electron chi connectivity index (χ4n) is 2.45. The monoisotopic (exact) mass is 374 g/mol. The van der Waals surface area contributed by atoms with Crippen LogP contribution < -0.4 is 0 Å². The van der Waals surface area contributed by atoms with E-state index in [0.717, 1.165) is 29.2 Å². The molecule has 1 heterocycles. The second-order valence-electron chi connectivity index (χ2n) is 4.52. The third-order valence-corrected chi connectivity index (χ3v) is 4.09. The van der Waals surface area contributed by atoms with Gasteiger partial charge in [-0.2, -0.15) is 0 Å². The lowest BCUT2D eigenvalue weighted by Gasteiger charge is -2.28. The van der Waals surface area contributed by atoms with Crippen LogP contribution in [0.5, 0.6) is 0 Å². The molecule has 0 atom stereocenters. The molecule has 0 aromatic carbocycles. The summed E-state index contributed by atoms with van der Waals surface area (Å²) in [5, 5.41) is 0.816. The minimum absolute atomic E-state index is 0.0927. The molecular weight excluding hydrogens is 360 g/mol. The molecule has 0 aliphatic heterocycles. The second kappa shape index (κ2) is 6.66. The minimum Gasteiger partial charge on any atom is -0.335 e. The highest BCUT2D eigenvalue weighted by atomic mass is 79.9. The molecule has 2 rings (SSSR count). The molecule has 0 unspecified atom stereocenters. The molecule has 1 aromatic heterocycles. The van der Waals surface area contributed by atoms with Gasteiger partial charge in [-0.3, -0.25) is 9.78 Å². The predicted molar refractivity (Wildman–Crippen MR) is 79.0 cm³/mol. The zero-order chi connectivity index (χ0) is 13.0. The standard InChI is InChI=1S/C13H16Br2N2O/c14-5-6-17(12-3-1-2-4-12)13(18)10-7-11(15)9-16-8-10/h7-9,12H,1-6H2. The van der Waals surface area contributed by atoms with Gasteiger partial charge in [0.1, 0.15) is 0 Å². The SMILES string of the molecule is O=C(c1cncc(Br)c1)N(CCBr)C1CCCC1. The van der Waals surface area contributed by atoms with Crippen molar-refractivity contribution in [2.75, 3.05) is 11.9 Å². The molecule has 0 radical (unpaired) electrons. The van der Waals surface area contributed by atoms with Gasteiger partial charge in [0.15, 0.2) is 0 Å². The summed E-state index contributed by atoms with van der Waals surface area (Å²) < 4.78 is 0.846. The number of pyridine rings is 1. The first kappa shape index (κ1) is 14.0. The Morgan fingerprint density at radius 3 is 2.72 bits per heavy atom. The maximum Gasteiger partial charge on any atom is 0.255 e. The van der Waals surface area contributed by atoms with E-state index >= 15 is 0 Å². The van der Waals surface area contributed by atoms with Gasteiger partial charge in [0.25, 0.3) is 5.91 Å². The van der Waals surface area contributed by atoms with Crippen molar-refractivity contribution in [2.45, 2.75) is 31.7 Å². The molecule has 1 saturated carbocycles. The number of hydrogen-bond acceptors (Lipinski definition) is 2. The molecule has 0 saturated heterocycles. The van der Waals surface area contributed by atoms with Crippen molar-refractivity contribution in [1.29, 1.82) is 0 Å². The van der Waals surface area contributed by atoms with Gasteiger partial charge in [-0.1, -0.05) is 28.8 Å². The van der Waals surface area contributed by atoms with Crippen molar-refractivity contribution in [2.24, 2.45) is 0 Å². The predicted octanol–water partition coefficient (Wildman–Crippen LogP) is 3.62. The molecule has 0 bridgehead atoms. The van der Waals surface area contributed by atoms with E-state index in [-0.39, 0.29) is 5.91 Å². The molecule has 1 aliphatic rings. The van der Waals surface area contributed by atoms with Crippen LogP contribution in [-0.2, 0) is 0 Å². The Balaban J connectivity index is 2.17. The van der Waals surface area contributed by atoms with Gasteiger partial charge >= 0.3 is 0 Å². The third-order valence-electron chi connectivity index (χ3n) is 3.30. The van der Waals surface area contributed by atoms with Gasteiger partial charge in [-0.15, -0.1) is 0 Å². The smallest absolute Gasteiger partial charge is 0.255 e.